The van der Waals surface area contributed by atoms with E-state index in [1.165, 1.54) is 12.3 Å². The highest BCUT2D eigenvalue weighted by atomic mass is 79.9. The number of anilines is 1. The second kappa shape index (κ2) is 6.44. The predicted molar refractivity (Wildman–Crippen MR) is 80.3 cm³/mol. The third-order valence-corrected chi connectivity index (χ3v) is 3.18. The minimum atomic E-state index is -0.461. The quantitative estimate of drug-likeness (QED) is 0.646. The van der Waals surface area contributed by atoms with Crippen LogP contribution in [0.3, 0.4) is 0 Å². The van der Waals surface area contributed by atoms with Crippen LogP contribution in [0.2, 0.25) is 0 Å². The Bertz CT molecular complexity index is 616. The van der Waals surface area contributed by atoms with E-state index in [0.717, 1.165) is 11.1 Å². The lowest BCUT2D eigenvalue weighted by Crippen LogP contribution is -2.05. The summed E-state index contributed by atoms with van der Waals surface area (Å²) in [5.74, 6) is 0.251. The Labute approximate surface area is 124 Å². The Morgan fingerprint density at radius 1 is 1.30 bits per heavy atom. The van der Waals surface area contributed by atoms with E-state index in [-0.39, 0.29) is 11.5 Å². The fourth-order valence-electron chi connectivity index (χ4n) is 1.68. The largest absolute Gasteiger partial charge is 0.360 e. The number of pyridine rings is 1. The lowest BCUT2D eigenvalue weighted by Gasteiger charge is -2.07. The molecule has 1 aromatic heterocycles. The van der Waals surface area contributed by atoms with Crippen molar-refractivity contribution >= 4 is 27.4 Å². The van der Waals surface area contributed by atoms with Crippen LogP contribution in [0, 0.1) is 10.1 Å². The molecule has 0 aliphatic heterocycles. The summed E-state index contributed by atoms with van der Waals surface area (Å²) in [4.78, 5) is 14.5. The van der Waals surface area contributed by atoms with Crippen LogP contribution in [0.1, 0.15) is 11.1 Å². The van der Waals surface area contributed by atoms with Crippen molar-refractivity contribution in [2.24, 2.45) is 5.73 Å². The highest BCUT2D eigenvalue weighted by molar-refractivity contribution is 9.10. The number of aromatic nitrogens is 1. The summed E-state index contributed by atoms with van der Waals surface area (Å²) in [6, 6.07) is 9.15. The monoisotopic (exact) mass is 336 g/mol. The molecule has 0 saturated carbocycles. The van der Waals surface area contributed by atoms with Crippen LogP contribution in [0.4, 0.5) is 11.5 Å². The zero-order valence-corrected chi connectivity index (χ0v) is 12.1. The van der Waals surface area contributed by atoms with Gasteiger partial charge in [-0.2, -0.15) is 0 Å². The smallest absolute Gasteiger partial charge is 0.312 e. The summed E-state index contributed by atoms with van der Waals surface area (Å²) >= 11 is 3.17. The number of nitrogens with one attached hydrogen (secondary N) is 1. The molecule has 0 spiro atoms. The lowest BCUT2D eigenvalue weighted by atomic mass is 10.1. The third-order valence-electron chi connectivity index (χ3n) is 2.75. The zero-order valence-electron chi connectivity index (χ0n) is 10.5. The van der Waals surface area contributed by atoms with E-state index in [1.807, 2.05) is 24.3 Å². The average Bonchev–Trinajstić information content (AvgIpc) is 2.46. The van der Waals surface area contributed by atoms with Gasteiger partial charge in [-0.1, -0.05) is 24.3 Å². The topological polar surface area (TPSA) is 94.1 Å². The van der Waals surface area contributed by atoms with Crippen molar-refractivity contribution in [1.29, 1.82) is 0 Å². The number of rotatable bonds is 5. The molecule has 1 aromatic carbocycles. The Kier molecular flexibility index (Phi) is 4.65. The molecule has 0 saturated heterocycles. The average molecular weight is 337 g/mol. The van der Waals surface area contributed by atoms with Crippen LogP contribution in [0.5, 0.6) is 0 Å². The summed E-state index contributed by atoms with van der Waals surface area (Å²) in [6.07, 6.45) is 1.52. The van der Waals surface area contributed by atoms with Crippen LogP contribution in [0.25, 0.3) is 0 Å². The summed E-state index contributed by atoms with van der Waals surface area (Å²) in [5.41, 5.74) is 7.51. The van der Waals surface area contributed by atoms with E-state index in [9.17, 15) is 10.1 Å². The van der Waals surface area contributed by atoms with Gasteiger partial charge in [-0.3, -0.25) is 10.1 Å². The van der Waals surface area contributed by atoms with Gasteiger partial charge in [0.15, 0.2) is 0 Å². The minimum absolute atomic E-state index is 0.0575. The normalized spacial score (nSPS) is 10.3. The van der Waals surface area contributed by atoms with E-state index in [1.54, 1.807) is 0 Å². The molecule has 0 amide bonds. The predicted octanol–water partition coefficient (Wildman–Crippen LogP) is 2.82. The fraction of sp³-hybridized carbons (Fsp3) is 0.154. The highest BCUT2D eigenvalue weighted by Crippen LogP contribution is 2.25. The third kappa shape index (κ3) is 3.52. The number of hydrogen-bond donors (Lipinski definition) is 2. The molecular weight excluding hydrogens is 324 g/mol. The number of nitrogens with two attached hydrogens (primary N) is 1. The number of hydrogen-bond acceptors (Lipinski definition) is 5. The van der Waals surface area contributed by atoms with Gasteiger partial charge < -0.3 is 11.1 Å². The van der Waals surface area contributed by atoms with Crippen molar-refractivity contribution in [3.05, 3.63) is 62.2 Å². The molecule has 104 valence electrons. The first-order valence-electron chi connectivity index (χ1n) is 5.92. The van der Waals surface area contributed by atoms with Crippen LogP contribution < -0.4 is 11.1 Å². The minimum Gasteiger partial charge on any atom is -0.360 e. The molecular formula is C13H13BrN4O2. The molecule has 2 rings (SSSR count). The van der Waals surface area contributed by atoms with Gasteiger partial charge >= 0.3 is 5.69 Å². The van der Waals surface area contributed by atoms with Gasteiger partial charge in [-0.05, 0) is 27.1 Å². The van der Waals surface area contributed by atoms with Crippen molar-refractivity contribution in [2.75, 3.05) is 5.32 Å². The molecule has 0 bridgehead atoms. The first-order valence-corrected chi connectivity index (χ1v) is 6.71. The molecule has 0 aliphatic carbocycles. The number of nitro groups is 1. The van der Waals surface area contributed by atoms with Gasteiger partial charge in [-0.25, -0.2) is 4.98 Å². The summed E-state index contributed by atoms with van der Waals surface area (Å²) in [7, 11) is 0. The zero-order chi connectivity index (χ0) is 14.5. The van der Waals surface area contributed by atoms with Crippen molar-refractivity contribution in [2.45, 2.75) is 13.1 Å². The molecule has 1 heterocycles. The Morgan fingerprint density at radius 3 is 2.55 bits per heavy atom. The molecule has 0 aliphatic rings. The van der Waals surface area contributed by atoms with Gasteiger partial charge in [0, 0.05) is 29.8 Å². The highest BCUT2D eigenvalue weighted by Gasteiger charge is 2.15. The van der Waals surface area contributed by atoms with Crippen LogP contribution in [0.15, 0.2) is 41.0 Å². The van der Waals surface area contributed by atoms with Gasteiger partial charge in [0.05, 0.1) is 4.92 Å². The van der Waals surface area contributed by atoms with Crippen molar-refractivity contribution in [3.8, 4) is 0 Å². The molecule has 3 N–H and O–H groups in total. The number of halogens is 1. The van der Waals surface area contributed by atoms with Crippen LogP contribution in [-0.4, -0.2) is 9.91 Å². The maximum absolute atomic E-state index is 11.0. The Morgan fingerprint density at radius 2 is 1.95 bits per heavy atom. The second-order valence-electron chi connectivity index (χ2n) is 4.15. The van der Waals surface area contributed by atoms with Crippen molar-refractivity contribution in [3.63, 3.8) is 0 Å². The maximum Gasteiger partial charge on any atom is 0.312 e. The Balaban J connectivity index is 2.12. The van der Waals surface area contributed by atoms with E-state index in [0.29, 0.717) is 17.6 Å². The SMILES string of the molecule is NCc1ccc(CNc2ncc(Br)cc2[N+](=O)[O-])cc1. The lowest BCUT2D eigenvalue weighted by molar-refractivity contribution is -0.384. The Hall–Kier alpha value is -1.99. The van der Waals surface area contributed by atoms with Crippen LogP contribution in [-0.2, 0) is 13.1 Å². The second-order valence-corrected chi connectivity index (χ2v) is 5.07. The van der Waals surface area contributed by atoms with Gasteiger partial charge in [0.25, 0.3) is 0 Å². The van der Waals surface area contributed by atoms with Gasteiger partial charge in [0.2, 0.25) is 5.82 Å². The molecule has 0 fully saturated rings. The van der Waals surface area contributed by atoms with Crippen molar-refractivity contribution < 1.29 is 4.92 Å². The van der Waals surface area contributed by atoms with Crippen LogP contribution >= 0.6 is 15.9 Å². The van der Waals surface area contributed by atoms with E-state index >= 15 is 0 Å². The van der Waals surface area contributed by atoms with E-state index < -0.39 is 4.92 Å². The van der Waals surface area contributed by atoms with Gasteiger partial charge in [0.1, 0.15) is 0 Å². The fourth-order valence-corrected chi connectivity index (χ4v) is 2.00. The summed E-state index contributed by atoms with van der Waals surface area (Å²) < 4.78 is 0.571. The number of nitrogens with zero attached hydrogens (tertiary/aromatic N) is 2. The molecule has 0 atom stereocenters. The van der Waals surface area contributed by atoms with Gasteiger partial charge in [-0.15, -0.1) is 0 Å². The maximum atomic E-state index is 11.0. The van der Waals surface area contributed by atoms with E-state index in [4.69, 9.17) is 5.73 Å². The molecule has 0 radical (unpaired) electrons. The molecule has 0 unspecified atom stereocenters. The van der Waals surface area contributed by atoms with E-state index in [2.05, 4.69) is 26.2 Å². The standard InChI is InChI=1S/C13H13BrN4O2/c14-11-5-12(18(19)20)13(17-8-11)16-7-10-3-1-9(6-15)2-4-10/h1-5,8H,6-7,15H2,(H,16,17). The first kappa shape index (κ1) is 14.4. The molecule has 20 heavy (non-hydrogen) atoms. The number of benzene rings is 1. The molecule has 2 aromatic rings. The van der Waals surface area contributed by atoms with Crippen molar-refractivity contribution in [1.82, 2.24) is 4.98 Å². The molecule has 6 nitrogen and oxygen atoms in total. The summed E-state index contributed by atoms with van der Waals surface area (Å²) in [5, 5.41) is 13.9. The summed E-state index contributed by atoms with van der Waals surface area (Å²) in [6.45, 7) is 0.952. The molecule has 7 heteroatoms. The first-order chi connectivity index (χ1) is 9.60.